The van der Waals surface area contributed by atoms with Gasteiger partial charge < -0.3 is 5.09 Å². The molecule has 184 valence electrons. The third-order valence-electron chi connectivity index (χ3n) is 5.85. The summed E-state index contributed by atoms with van der Waals surface area (Å²) in [5.74, 6) is 3.96. The van der Waals surface area contributed by atoms with Crippen LogP contribution >= 0.6 is 30.5 Å². The summed E-state index contributed by atoms with van der Waals surface area (Å²) in [5, 5.41) is 3.94. The average Bonchev–Trinajstić information content (AvgIpc) is 3.24. The topological polar surface area (TPSA) is 46.9 Å². The quantitative estimate of drug-likeness (QED) is 0.208. The molecule has 1 aromatic heterocycles. The first-order valence-corrected chi connectivity index (χ1v) is 14.3. The molecule has 37 heavy (non-hydrogen) atoms. The average molecular weight is 544 g/mol. The van der Waals surface area contributed by atoms with Crippen LogP contribution in [0.15, 0.2) is 121 Å². The predicted octanol–water partition coefficient (Wildman–Crippen LogP) is 9.50. The number of rotatable bonds is 7. The number of hydrogen-bond donors (Lipinski definition) is 1. The number of para-hydroxylation sites is 1. The molecule has 0 aliphatic heterocycles. The number of anilines is 1. The number of hydrogen-bond acceptors (Lipinski definition) is 2. The lowest BCUT2D eigenvalue weighted by molar-refractivity contribution is 0.589. The molecular formula is C30H24Cl2N3OP. The Hall–Kier alpha value is -3.56. The van der Waals surface area contributed by atoms with Gasteiger partial charge in [-0.1, -0.05) is 102 Å². The van der Waals surface area contributed by atoms with Gasteiger partial charge >= 0.3 is 0 Å². The number of nitrogens with one attached hydrogen (secondary N) is 1. The van der Waals surface area contributed by atoms with Gasteiger partial charge in [0.05, 0.1) is 21.1 Å². The van der Waals surface area contributed by atoms with Gasteiger partial charge in [0, 0.05) is 23.0 Å². The zero-order valence-corrected chi connectivity index (χ0v) is 22.5. The largest absolute Gasteiger partial charge is 0.330 e. The van der Waals surface area contributed by atoms with Gasteiger partial charge in [0.2, 0.25) is 7.29 Å². The number of fused-ring (bicyclic) bond motifs is 1. The van der Waals surface area contributed by atoms with E-state index in [0.29, 0.717) is 15.8 Å². The van der Waals surface area contributed by atoms with Gasteiger partial charge in [-0.15, -0.1) is 0 Å². The zero-order chi connectivity index (χ0) is 25.8. The summed E-state index contributed by atoms with van der Waals surface area (Å²) in [6.07, 6.45) is 0. The molecule has 4 nitrogen and oxygen atoms in total. The van der Waals surface area contributed by atoms with Crippen molar-refractivity contribution in [2.45, 2.75) is 6.92 Å². The van der Waals surface area contributed by atoms with Crippen molar-refractivity contribution >= 4 is 57.3 Å². The van der Waals surface area contributed by atoms with E-state index in [1.54, 1.807) is 11.6 Å². The smallest absolute Gasteiger partial charge is 0.216 e. The second kappa shape index (κ2) is 10.8. The zero-order valence-electron chi connectivity index (χ0n) is 20.1. The molecule has 0 radical (unpaired) electrons. The van der Waals surface area contributed by atoms with Crippen LogP contribution < -0.4 is 5.09 Å². The molecule has 5 aromatic rings. The molecule has 4 aromatic carbocycles. The SMILES string of the molecule is Cc1nc2cc(NP(=O)(/C=C(\Cl)c3ccccc3)/C=C(\Cl)c3ccccc3)ccc2n1-c1ccccc1. The second-order valence-electron chi connectivity index (χ2n) is 8.54. The van der Waals surface area contributed by atoms with Crippen molar-refractivity contribution in [2.75, 3.05) is 5.09 Å². The van der Waals surface area contributed by atoms with Gasteiger partial charge in [-0.3, -0.25) is 9.13 Å². The van der Waals surface area contributed by atoms with Crippen LogP contribution in [0, 0.1) is 6.92 Å². The molecule has 0 fully saturated rings. The van der Waals surface area contributed by atoms with E-state index in [2.05, 4.69) is 9.65 Å². The minimum absolute atomic E-state index is 0.371. The minimum Gasteiger partial charge on any atom is -0.330 e. The molecule has 0 saturated heterocycles. The summed E-state index contributed by atoms with van der Waals surface area (Å²) in [6, 6.07) is 34.7. The minimum atomic E-state index is -3.40. The van der Waals surface area contributed by atoms with Gasteiger partial charge in [0.15, 0.2) is 0 Å². The van der Waals surface area contributed by atoms with Crippen LogP contribution in [0.5, 0.6) is 0 Å². The molecule has 0 amide bonds. The molecule has 0 aliphatic carbocycles. The van der Waals surface area contributed by atoms with Gasteiger partial charge in [-0.2, -0.15) is 0 Å². The number of imidazole rings is 1. The lowest BCUT2D eigenvalue weighted by Crippen LogP contribution is -1.97. The van der Waals surface area contributed by atoms with Gasteiger partial charge in [-0.05, 0) is 48.4 Å². The summed E-state index contributed by atoms with van der Waals surface area (Å²) >= 11 is 13.3. The van der Waals surface area contributed by atoms with E-state index in [1.165, 1.54) is 0 Å². The number of nitrogens with zero attached hydrogens (tertiary/aromatic N) is 2. The fourth-order valence-corrected chi connectivity index (χ4v) is 7.00. The lowest BCUT2D eigenvalue weighted by Gasteiger charge is -2.16. The summed E-state index contributed by atoms with van der Waals surface area (Å²) in [4.78, 5) is 4.75. The highest BCUT2D eigenvalue weighted by Gasteiger charge is 2.20. The van der Waals surface area contributed by atoms with Crippen LogP contribution in [0.4, 0.5) is 5.69 Å². The Labute approximate surface area is 226 Å². The van der Waals surface area contributed by atoms with Crippen LogP contribution in [-0.2, 0) is 4.57 Å². The molecule has 0 spiro atoms. The molecular weight excluding hydrogens is 520 g/mol. The number of aryl methyl sites for hydroxylation is 1. The van der Waals surface area contributed by atoms with E-state index in [0.717, 1.165) is 33.7 Å². The molecule has 5 rings (SSSR count). The lowest BCUT2D eigenvalue weighted by atomic mass is 10.2. The van der Waals surface area contributed by atoms with Crippen LogP contribution in [0.25, 0.3) is 26.8 Å². The summed E-state index contributed by atoms with van der Waals surface area (Å²) in [6.45, 7) is 1.97. The van der Waals surface area contributed by atoms with E-state index < -0.39 is 7.29 Å². The third-order valence-corrected chi connectivity index (χ3v) is 8.70. The third kappa shape index (κ3) is 5.73. The number of aromatic nitrogens is 2. The van der Waals surface area contributed by atoms with Crippen molar-refractivity contribution < 1.29 is 4.57 Å². The van der Waals surface area contributed by atoms with E-state index >= 15 is 0 Å². The highest BCUT2D eigenvalue weighted by Crippen LogP contribution is 2.53. The Kier molecular flexibility index (Phi) is 7.34. The van der Waals surface area contributed by atoms with E-state index in [4.69, 9.17) is 28.2 Å². The molecule has 1 N–H and O–H groups in total. The Morgan fingerprint density at radius 3 is 1.84 bits per heavy atom. The number of halogens is 2. The van der Waals surface area contributed by atoms with Crippen molar-refractivity contribution in [3.63, 3.8) is 0 Å². The molecule has 7 heteroatoms. The Morgan fingerprint density at radius 1 is 0.784 bits per heavy atom. The van der Waals surface area contributed by atoms with Crippen molar-refractivity contribution in [2.24, 2.45) is 0 Å². The molecule has 0 unspecified atom stereocenters. The monoisotopic (exact) mass is 543 g/mol. The first-order chi connectivity index (χ1) is 17.9. The summed E-state index contributed by atoms with van der Waals surface area (Å²) in [7, 11) is -3.40. The maximum Gasteiger partial charge on any atom is 0.216 e. The van der Waals surface area contributed by atoms with Gasteiger partial charge in [0.25, 0.3) is 0 Å². The van der Waals surface area contributed by atoms with Crippen LogP contribution in [0.2, 0.25) is 0 Å². The van der Waals surface area contributed by atoms with Crippen LogP contribution in [0.3, 0.4) is 0 Å². The van der Waals surface area contributed by atoms with Crippen molar-refractivity contribution in [1.82, 2.24) is 9.55 Å². The first-order valence-electron chi connectivity index (χ1n) is 11.7. The van der Waals surface area contributed by atoms with Crippen molar-refractivity contribution in [3.05, 3.63) is 138 Å². The van der Waals surface area contributed by atoms with E-state index in [-0.39, 0.29) is 0 Å². The summed E-state index contributed by atoms with van der Waals surface area (Å²) in [5.41, 5.74) is 4.96. The highest BCUT2D eigenvalue weighted by molar-refractivity contribution is 7.72. The Balaban J connectivity index is 1.56. The van der Waals surface area contributed by atoms with Crippen LogP contribution in [-0.4, -0.2) is 9.55 Å². The fourth-order valence-electron chi connectivity index (χ4n) is 4.16. The van der Waals surface area contributed by atoms with Gasteiger partial charge in [-0.25, -0.2) is 4.98 Å². The normalized spacial score (nSPS) is 12.6. The molecule has 0 aliphatic rings. The molecule has 0 atom stereocenters. The molecule has 0 bridgehead atoms. The maximum absolute atomic E-state index is 14.3. The summed E-state index contributed by atoms with van der Waals surface area (Å²) < 4.78 is 16.4. The van der Waals surface area contributed by atoms with E-state index in [1.807, 2.05) is 116 Å². The van der Waals surface area contributed by atoms with Crippen molar-refractivity contribution in [3.8, 4) is 5.69 Å². The van der Waals surface area contributed by atoms with Gasteiger partial charge in [0.1, 0.15) is 5.82 Å². The standard InChI is InChI=1S/C30H24Cl2N3OP/c1-22-33-29-19-25(17-18-30(29)35(22)26-15-9-4-10-16-26)34-37(36,20-27(31)23-11-5-2-6-12-23)21-28(32)24-13-7-3-8-14-24/h2-21H,1H3,(H,34,36)/b27-20-,28-21-. The molecule has 1 heterocycles. The van der Waals surface area contributed by atoms with Crippen molar-refractivity contribution in [1.29, 1.82) is 0 Å². The predicted molar refractivity (Wildman–Crippen MR) is 158 cm³/mol. The fraction of sp³-hybridized carbons (Fsp3) is 0.0333. The number of benzene rings is 4. The van der Waals surface area contributed by atoms with Crippen LogP contribution in [0.1, 0.15) is 17.0 Å². The first kappa shape index (κ1) is 25.1. The second-order valence-corrected chi connectivity index (χ2v) is 11.5. The molecule has 0 saturated carbocycles. The highest BCUT2D eigenvalue weighted by atomic mass is 35.5. The maximum atomic E-state index is 14.3. The Morgan fingerprint density at radius 2 is 1.30 bits per heavy atom. The Bertz CT molecular complexity index is 1590. The van der Waals surface area contributed by atoms with E-state index in [9.17, 15) is 4.57 Å².